The second-order valence-electron chi connectivity index (χ2n) is 8.78. The lowest BCUT2D eigenvalue weighted by Crippen LogP contribution is -2.56. The van der Waals surface area contributed by atoms with Crippen molar-refractivity contribution in [2.24, 2.45) is 0 Å². The molecular formula is C29H17F7O3S2. The van der Waals surface area contributed by atoms with Gasteiger partial charge in [-0.15, -0.1) is 0 Å². The number of carbonyl (C=O) groups is 1. The van der Waals surface area contributed by atoms with Crippen LogP contribution in [-0.4, -0.2) is 24.0 Å². The standard InChI is InChI=1S/C29H17F7O3S2/c30-27(31,28(32,33)29(34,35)36)26(37)39-41(18-9-3-1-4-10-18,19-11-5-2-6-12-19)20-15-16-24-22(17-20)25(40)21-13-7-8-14-23(21)38-24/h1-17H. The molecule has 0 bridgehead atoms. The molecule has 5 aromatic rings. The number of rotatable bonds is 6. The van der Waals surface area contributed by atoms with E-state index in [9.17, 15) is 35.5 Å². The molecule has 0 saturated carbocycles. The molecule has 0 aliphatic rings. The number of halogens is 7. The summed E-state index contributed by atoms with van der Waals surface area (Å²) in [6, 6.07) is 25.7. The van der Waals surface area contributed by atoms with Gasteiger partial charge in [-0.2, -0.15) is 30.7 Å². The Balaban J connectivity index is 1.82. The normalized spacial score (nSPS) is 13.3. The molecule has 41 heavy (non-hydrogen) atoms. The lowest BCUT2D eigenvalue weighted by atomic mass is 10.1. The lowest BCUT2D eigenvalue weighted by molar-refractivity contribution is -0.346. The Kier molecular flexibility index (Phi) is 7.11. The van der Waals surface area contributed by atoms with Crippen LogP contribution in [0.15, 0.2) is 122 Å². The van der Waals surface area contributed by atoms with Gasteiger partial charge in [0, 0.05) is 25.5 Å². The van der Waals surface area contributed by atoms with Gasteiger partial charge in [-0.1, -0.05) is 60.7 Å². The fourth-order valence-electron chi connectivity index (χ4n) is 4.21. The van der Waals surface area contributed by atoms with Crippen LogP contribution in [0.2, 0.25) is 0 Å². The third-order valence-electron chi connectivity index (χ3n) is 6.24. The van der Waals surface area contributed by atoms with Crippen LogP contribution in [0.5, 0.6) is 0 Å². The van der Waals surface area contributed by atoms with Gasteiger partial charge in [-0.25, -0.2) is 4.79 Å². The van der Waals surface area contributed by atoms with Crippen molar-refractivity contribution in [2.75, 3.05) is 0 Å². The van der Waals surface area contributed by atoms with Crippen molar-refractivity contribution in [3.05, 3.63) is 108 Å². The highest BCUT2D eigenvalue weighted by atomic mass is 32.3. The second-order valence-corrected chi connectivity index (χ2v) is 11.9. The maximum atomic E-state index is 14.7. The van der Waals surface area contributed by atoms with Crippen LogP contribution in [0.4, 0.5) is 30.7 Å². The molecule has 4 aromatic carbocycles. The molecule has 5 rings (SSSR count). The molecule has 0 unspecified atom stereocenters. The molecule has 0 aliphatic carbocycles. The van der Waals surface area contributed by atoms with E-state index in [0.717, 1.165) is 0 Å². The first-order valence-corrected chi connectivity index (χ1v) is 13.7. The summed E-state index contributed by atoms with van der Waals surface area (Å²) in [5, 5.41) is 0.851. The van der Waals surface area contributed by atoms with E-state index >= 15 is 0 Å². The summed E-state index contributed by atoms with van der Waals surface area (Å²) in [6.07, 6.45) is -6.73. The van der Waals surface area contributed by atoms with Crippen molar-refractivity contribution < 1.29 is 44.1 Å². The molecule has 0 amide bonds. The van der Waals surface area contributed by atoms with Gasteiger partial charge in [-0.05, 0) is 64.9 Å². The molecule has 1 heterocycles. The summed E-state index contributed by atoms with van der Waals surface area (Å²) >= 11 is 5.65. The smallest absolute Gasteiger partial charge is 0.456 e. The molecule has 12 heteroatoms. The van der Waals surface area contributed by atoms with E-state index in [1.165, 1.54) is 66.7 Å². The van der Waals surface area contributed by atoms with Crippen molar-refractivity contribution in [1.82, 2.24) is 0 Å². The highest BCUT2D eigenvalue weighted by Crippen LogP contribution is 2.70. The predicted molar refractivity (Wildman–Crippen MR) is 142 cm³/mol. The molecule has 0 saturated heterocycles. The molecule has 0 atom stereocenters. The topological polar surface area (TPSA) is 39.4 Å². The van der Waals surface area contributed by atoms with Crippen molar-refractivity contribution in [2.45, 2.75) is 32.7 Å². The Morgan fingerprint density at radius 3 is 1.73 bits per heavy atom. The first-order valence-electron chi connectivity index (χ1n) is 11.8. The first kappa shape index (κ1) is 28.6. The van der Waals surface area contributed by atoms with E-state index in [0.29, 0.717) is 20.9 Å². The minimum absolute atomic E-state index is 0.0263. The molecule has 212 valence electrons. The van der Waals surface area contributed by atoms with Crippen molar-refractivity contribution >= 4 is 50.4 Å². The number of para-hydroxylation sites is 1. The van der Waals surface area contributed by atoms with Crippen LogP contribution < -0.4 is 0 Å². The third-order valence-corrected chi connectivity index (χ3v) is 9.87. The minimum atomic E-state index is -6.73. The molecule has 0 N–H and O–H groups in total. The SMILES string of the molecule is O=C(OS(c1ccccc1)(c1ccccc1)c1ccc2oc3ccccc3c(=S)c2c1)C(F)(F)C(F)(F)C(F)(F)F. The van der Waals surface area contributed by atoms with Gasteiger partial charge in [0.2, 0.25) is 0 Å². The predicted octanol–water partition coefficient (Wildman–Crippen LogP) is 9.89. The van der Waals surface area contributed by atoms with Gasteiger partial charge in [-0.3, -0.25) is 0 Å². The van der Waals surface area contributed by atoms with E-state index in [2.05, 4.69) is 0 Å². The highest BCUT2D eigenvalue weighted by Gasteiger charge is 2.77. The average Bonchev–Trinajstić information content (AvgIpc) is 2.96. The van der Waals surface area contributed by atoms with Crippen LogP contribution in [0.1, 0.15) is 0 Å². The van der Waals surface area contributed by atoms with E-state index in [1.807, 2.05) is 0 Å². The lowest BCUT2D eigenvalue weighted by Gasteiger charge is -2.41. The average molecular weight is 611 g/mol. The molecule has 0 aliphatic heterocycles. The Morgan fingerprint density at radius 1 is 0.659 bits per heavy atom. The van der Waals surface area contributed by atoms with Gasteiger partial charge in [0.1, 0.15) is 11.2 Å². The number of hydrogen-bond acceptors (Lipinski definition) is 4. The number of hydrogen-bond donors (Lipinski definition) is 0. The Labute approximate surface area is 234 Å². The Hall–Kier alpha value is -3.90. The zero-order chi connectivity index (χ0) is 29.6. The zero-order valence-corrected chi connectivity index (χ0v) is 22.1. The maximum Gasteiger partial charge on any atom is 0.460 e. The van der Waals surface area contributed by atoms with Crippen LogP contribution in [-0.2, 0) is 8.98 Å². The van der Waals surface area contributed by atoms with Crippen molar-refractivity contribution in [3.8, 4) is 0 Å². The van der Waals surface area contributed by atoms with E-state index in [1.54, 1.807) is 36.4 Å². The molecule has 3 nitrogen and oxygen atoms in total. The van der Waals surface area contributed by atoms with E-state index < -0.39 is 34.3 Å². The van der Waals surface area contributed by atoms with Gasteiger partial charge < -0.3 is 8.60 Å². The summed E-state index contributed by atoms with van der Waals surface area (Å²) in [5.41, 5.74) is 0.745. The van der Waals surface area contributed by atoms with Crippen LogP contribution >= 0.6 is 22.5 Å². The molecule has 0 fully saturated rings. The van der Waals surface area contributed by atoms with E-state index in [4.69, 9.17) is 20.8 Å². The molecule has 0 spiro atoms. The zero-order valence-electron chi connectivity index (χ0n) is 20.5. The third kappa shape index (κ3) is 4.64. The quantitative estimate of drug-likeness (QED) is 0.109. The van der Waals surface area contributed by atoms with Gasteiger partial charge in [0.15, 0.2) is 0 Å². The van der Waals surface area contributed by atoms with Crippen molar-refractivity contribution in [3.63, 3.8) is 0 Å². The fraction of sp³-hybridized carbons (Fsp3) is 0.103. The number of fused-ring (bicyclic) bond motifs is 2. The monoisotopic (exact) mass is 610 g/mol. The van der Waals surface area contributed by atoms with Gasteiger partial charge in [0.05, 0.1) is 4.51 Å². The summed E-state index contributed by atoms with van der Waals surface area (Å²) < 4.78 is 108. The summed E-state index contributed by atoms with van der Waals surface area (Å²) in [5.74, 6) is -16.0. The van der Waals surface area contributed by atoms with Crippen molar-refractivity contribution in [1.29, 1.82) is 0 Å². The van der Waals surface area contributed by atoms with Crippen LogP contribution in [0, 0.1) is 4.51 Å². The highest BCUT2D eigenvalue weighted by molar-refractivity contribution is 8.30. The fourth-order valence-corrected chi connectivity index (χ4v) is 7.60. The first-order chi connectivity index (χ1) is 19.3. The molecular weight excluding hydrogens is 593 g/mol. The maximum absolute atomic E-state index is 14.7. The van der Waals surface area contributed by atoms with Gasteiger partial charge >= 0.3 is 24.0 Å². The van der Waals surface area contributed by atoms with Crippen LogP contribution in [0.3, 0.4) is 0 Å². The Morgan fingerprint density at radius 2 is 1.17 bits per heavy atom. The Bertz CT molecular complexity index is 1770. The molecule has 1 aromatic heterocycles. The summed E-state index contributed by atoms with van der Waals surface area (Å²) in [4.78, 5) is 13.0. The number of benzene rings is 4. The van der Waals surface area contributed by atoms with E-state index in [-0.39, 0.29) is 20.3 Å². The van der Waals surface area contributed by atoms with Crippen LogP contribution in [0.25, 0.3) is 21.9 Å². The van der Waals surface area contributed by atoms with Gasteiger partial charge in [0.25, 0.3) is 0 Å². The summed E-state index contributed by atoms with van der Waals surface area (Å²) in [7, 11) is -3.70. The summed E-state index contributed by atoms with van der Waals surface area (Å²) in [6.45, 7) is 0. The largest absolute Gasteiger partial charge is 0.460 e. The number of carbonyl (C=O) groups excluding carboxylic acids is 1. The minimum Gasteiger partial charge on any atom is -0.456 e. The number of alkyl halides is 7. The molecule has 0 radical (unpaired) electrons. The second kappa shape index (κ2) is 10.2.